The minimum Gasteiger partial charge on any atom is -0.465 e. The van der Waals surface area contributed by atoms with Gasteiger partial charge in [0.15, 0.2) is 0 Å². The Balaban J connectivity index is 2.19. The number of esters is 1. The first kappa shape index (κ1) is 11.1. The molecule has 88 valence electrons. The van der Waals surface area contributed by atoms with Crippen LogP contribution in [0.5, 0.6) is 0 Å². The standard InChI is InChI=1S/C10H14FN3O2/c1-2-16-10(15)8(12)9-7-3-6(11)4-14(7)5-13-9/h5-6,8H,2-4,12H2,1H3/t6-,8?/m1/s1. The van der Waals surface area contributed by atoms with Crippen LogP contribution in [0.15, 0.2) is 6.33 Å². The number of halogens is 1. The predicted molar refractivity (Wildman–Crippen MR) is 54.4 cm³/mol. The molecule has 1 aromatic heterocycles. The lowest BCUT2D eigenvalue weighted by Gasteiger charge is -2.09. The Kier molecular flexibility index (Phi) is 2.91. The molecule has 2 atom stereocenters. The van der Waals surface area contributed by atoms with E-state index in [0.717, 1.165) is 0 Å². The van der Waals surface area contributed by atoms with Crippen LogP contribution in [0.2, 0.25) is 0 Å². The number of carbonyl (C=O) groups is 1. The van der Waals surface area contributed by atoms with E-state index in [1.165, 1.54) is 6.33 Å². The van der Waals surface area contributed by atoms with Crippen LogP contribution in [-0.2, 0) is 22.5 Å². The lowest BCUT2D eigenvalue weighted by molar-refractivity contribution is -0.144. The molecule has 2 N–H and O–H groups in total. The van der Waals surface area contributed by atoms with Gasteiger partial charge < -0.3 is 15.0 Å². The number of alkyl halides is 1. The highest BCUT2D eigenvalue weighted by Gasteiger charge is 2.30. The van der Waals surface area contributed by atoms with Crippen LogP contribution in [0.4, 0.5) is 4.39 Å². The van der Waals surface area contributed by atoms with Crippen LogP contribution in [-0.4, -0.2) is 28.3 Å². The first-order valence-corrected chi connectivity index (χ1v) is 5.23. The number of rotatable bonds is 3. The lowest BCUT2D eigenvalue weighted by atomic mass is 10.1. The van der Waals surface area contributed by atoms with Gasteiger partial charge in [-0.15, -0.1) is 0 Å². The SMILES string of the molecule is CCOC(=O)C(N)c1ncn2c1C[C@@H](F)C2. The van der Waals surface area contributed by atoms with Gasteiger partial charge in [-0.2, -0.15) is 0 Å². The molecular formula is C10H14FN3O2. The van der Waals surface area contributed by atoms with Crippen LogP contribution in [0, 0.1) is 0 Å². The van der Waals surface area contributed by atoms with Gasteiger partial charge in [0.1, 0.15) is 12.2 Å². The Morgan fingerprint density at radius 1 is 1.88 bits per heavy atom. The van der Waals surface area contributed by atoms with Gasteiger partial charge in [-0.1, -0.05) is 0 Å². The minimum absolute atomic E-state index is 0.266. The summed E-state index contributed by atoms with van der Waals surface area (Å²) in [6.07, 6.45) is 0.873. The van der Waals surface area contributed by atoms with E-state index in [1.807, 2.05) is 0 Å². The smallest absolute Gasteiger partial charge is 0.329 e. The van der Waals surface area contributed by atoms with Gasteiger partial charge >= 0.3 is 5.97 Å². The van der Waals surface area contributed by atoms with Gasteiger partial charge in [0, 0.05) is 12.1 Å². The summed E-state index contributed by atoms with van der Waals surface area (Å²) in [5.41, 5.74) is 6.85. The van der Waals surface area contributed by atoms with Crippen LogP contribution < -0.4 is 5.73 Å². The molecule has 0 saturated carbocycles. The van der Waals surface area contributed by atoms with Crippen LogP contribution in [0.3, 0.4) is 0 Å². The number of fused-ring (bicyclic) bond motifs is 1. The van der Waals surface area contributed by atoms with E-state index in [0.29, 0.717) is 11.4 Å². The Bertz CT molecular complexity index is 405. The van der Waals surface area contributed by atoms with Crippen molar-refractivity contribution >= 4 is 5.97 Å². The summed E-state index contributed by atoms with van der Waals surface area (Å²) >= 11 is 0. The summed E-state index contributed by atoms with van der Waals surface area (Å²) in [5.74, 6) is -0.522. The fourth-order valence-corrected chi connectivity index (χ4v) is 1.89. The summed E-state index contributed by atoms with van der Waals surface area (Å²) in [6.45, 7) is 2.27. The fourth-order valence-electron chi connectivity index (χ4n) is 1.89. The van der Waals surface area contributed by atoms with Crippen molar-refractivity contribution in [3.63, 3.8) is 0 Å². The van der Waals surface area contributed by atoms with Gasteiger partial charge in [0.2, 0.25) is 0 Å². The second-order valence-electron chi connectivity index (χ2n) is 3.76. The van der Waals surface area contributed by atoms with E-state index in [1.54, 1.807) is 11.5 Å². The van der Waals surface area contributed by atoms with E-state index in [4.69, 9.17) is 10.5 Å². The monoisotopic (exact) mass is 227 g/mol. The van der Waals surface area contributed by atoms with Gasteiger partial charge in [-0.3, -0.25) is 0 Å². The largest absolute Gasteiger partial charge is 0.465 e. The third-order valence-electron chi connectivity index (χ3n) is 2.62. The second-order valence-corrected chi connectivity index (χ2v) is 3.76. The second kappa shape index (κ2) is 4.21. The van der Waals surface area contributed by atoms with Crippen LogP contribution >= 0.6 is 0 Å². The molecule has 0 fully saturated rings. The van der Waals surface area contributed by atoms with E-state index < -0.39 is 18.2 Å². The van der Waals surface area contributed by atoms with E-state index in [-0.39, 0.29) is 19.6 Å². The van der Waals surface area contributed by atoms with Gasteiger partial charge in [-0.05, 0) is 6.92 Å². The molecule has 0 bridgehead atoms. The summed E-state index contributed by atoms with van der Waals surface area (Å²) in [5, 5.41) is 0. The topological polar surface area (TPSA) is 70.1 Å². The summed E-state index contributed by atoms with van der Waals surface area (Å²) < 4.78 is 19.6. The zero-order chi connectivity index (χ0) is 11.7. The quantitative estimate of drug-likeness (QED) is 0.756. The Hall–Kier alpha value is -1.43. The van der Waals surface area contributed by atoms with Crippen LogP contribution in [0.25, 0.3) is 0 Å². The number of nitrogens with two attached hydrogens (primary N) is 1. The first-order chi connectivity index (χ1) is 7.63. The molecule has 5 nitrogen and oxygen atoms in total. The third-order valence-corrected chi connectivity index (χ3v) is 2.62. The van der Waals surface area contributed by atoms with Crippen molar-refractivity contribution in [1.82, 2.24) is 9.55 Å². The summed E-state index contributed by atoms with van der Waals surface area (Å²) in [6, 6.07) is -0.915. The zero-order valence-corrected chi connectivity index (χ0v) is 9.02. The maximum Gasteiger partial charge on any atom is 0.329 e. The third kappa shape index (κ3) is 1.80. The molecule has 2 rings (SSSR count). The zero-order valence-electron chi connectivity index (χ0n) is 9.02. The van der Waals surface area contributed by atoms with Crippen molar-refractivity contribution in [2.45, 2.75) is 32.1 Å². The van der Waals surface area contributed by atoms with Crippen molar-refractivity contribution in [2.24, 2.45) is 5.73 Å². The highest BCUT2D eigenvalue weighted by atomic mass is 19.1. The van der Waals surface area contributed by atoms with Crippen molar-refractivity contribution in [2.75, 3.05) is 6.61 Å². The summed E-state index contributed by atoms with van der Waals surface area (Å²) in [4.78, 5) is 15.5. The fraction of sp³-hybridized carbons (Fsp3) is 0.600. The number of hydrogen-bond donors (Lipinski definition) is 1. The van der Waals surface area contributed by atoms with Crippen molar-refractivity contribution < 1.29 is 13.9 Å². The van der Waals surface area contributed by atoms with E-state index in [2.05, 4.69) is 4.98 Å². The Morgan fingerprint density at radius 3 is 3.31 bits per heavy atom. The van der Waals surface area contributed by atoms with Gasteiger partial charge in [0.25, 0.3) is 0 Å². The van der Waals surface area contributed by atoms with Crippen LogP contribution in [0.1, 0.15) is 24.4 Å². The molecule has 0 aromatic carbocycles. The Morgan fingerprint density at radius 2 is 2.62 bits per heavy atom. The molecule has 0 saturated heterocycles. The molecule has 0 amide bonds. The van der Waals surface area contributed by atoms with E-state index >= 15 is 0 Å². The molecule has 1 aliphatic heterocycles. The number of imidazole rings is 1. The number of hydrogen-bond acceptors (Lipinski definition) is 4. The first-order valence-electron chi connectivity index (χ1n) is 5.23. The van der Waals surface area contributed by atoms with Crippen molar-refractivity contribution in [3.05, 3.63) is 17.7 Å². The molecule has 1 aromatic rings. The average Bonchev–Trinajstić information content (AvgIpc) is 2.75. The molecule has 0 spiro atoms. The van der Waals surface area contributed by atoms with E-state index in [9.17, 15) is 9.18 Å². The lowest BCUT2D eigenvalue weighted by Crippen LogP contribution is -2.25. The molecule has 0 aliphatic carbocycles. The highest BCUT2D eigenvalue weighted by molar-refractivity contribution is 5.77. The maximum atomic E-state index is 13.1. The molecule has 1 unspecified atom stereocenters. The molecule has 2 heterocycles. The summed E-state index contributed by atoms with van der Waals surface area (Å²) in [7, 11) is 0. The van der Waals surface area contributed by atoms with Gasteiger partial charge in [0.05, 0.1) is 25.2 Å². The molecule has 6 heteroatoms. The molecular weight excluding hydrogens is 213 g/mol. The number of aromatic nitrogens is 2. The maximum absolute atomic E-state index is 13.1. The van der Waals surface area contributed by atoms with Crippen molar-refractivity contribution in [3.8, 4) is 0 Å². The molecule has 1 aliphatic rings. The number of ether oxygens (including phenoxy) is 1. The number of carbonyl (C=O) groups excluding carboxylic acids is 1. The molecule has 0 radical (unpaired) electrons. The van der Waals surface area contributed by atoms with Crippen molar-refractivity contribution in [1.29, 1.82) is 0 Å². The number of nitrogens with zero attached hydrogens (tertiary/aromatic N) is 2. The Labute approximate surface area is 92.4 Å². The molecule has 16 heavy (non-hydrogen) atoms. The predicted octanol–water partition coefficient (Wildman–Crippen LogP) is 0.340. The van der Waals surface area contributed by atoms with Gasteiger partial charge in [-0.25, -0.2) is 14.2 Å². The average molecular weight is 227 g/mol. The highest BCUT2D eigenvalue weighted by Crippen LogP contribution is 2.24. The minimum atomic E-state index is -0.915. The normalized spacial score (nSPS) is 20.6.